The second-order valence-electron chi connectivity index (χ2n) is 4.69. The predicted octanol–water partition coefficient (Wildman–Crippen LogP) is 0.180. The number of methoxy groups -OCH3 is 1. The molecule has 2 aromatic rings. The fourth-order valence-corrected chi connectivity index (χ4v) is 2.27. The molecule has 1 aromatic heterocycles. The molecule has 23 heavy (non-hydrogen) atoms. The number of ether oxygens (including phenoxy) is 2. The van der Waals surface area contributed by atoms with Crippen molar-refractivity contribution in [3.63, 3.8) is 0 Å². The number of aromatic amines is 1. The topological polar surface area (TPSA) is 107 Å². The third kappa shape index (κ3) is 2.31. The molecular formula is C14H9FN2O6. The Balaban J connectivity index is 2.17. The largest absolute Gasteiger partial charge is 0.465 e. The molecule has 1 atom stereocenters. The van der Waals surface area contributed by atoms with Crippen LogP contribution in [-0.4, -0.2) is 28.6 Å². The number of nitrogens with zero attached hydrogens (tertiary/aromatic N) is 1. The first-order valence-electron chi connectivity index (χ1n) is 6.36. The molecule has 1 aliphatic heterocycles. The molecule has 0 saturated heterocycles. The minimum atomic E-state index is -1.29. The number of hydrogen-bond acceptors (Lipinski definition) is 6. The van der Waals surface area contributed by atoms with Crippen molar-refractivity contribution in [2.45, 2.75) is 6.23 Å². The molecule has 2 heterocycles. The first-order valence-corrected chi connectivity index (χ1v) is 6.36. The Bertz CT molecular complexity index is 945. The minimum Gasteiger partial charge on any atom is -0.465 e. The maximum absolute atomic E-state index is 13.4. The Morgan fingerprint density at radius 2 is 2.09 bits per heavy atom. The molecule has 0 saturated carbocycles. The van der Waals surface area contributed by atoms with E-state index in [1.807, 2.05) is 0 Å². The summed E-state index contributed by atoms with van der Waals surface area (Å²) in [5.41, 5.74) is -1.69. The number of carbonyl (C=O) groups is 2. The number of H-pyrrole nitrogens is 1. The Kier molecular flexibility index (Phi) is 3.32. The summed E-state index contributed by atoms with van der Waals surface area (Å²) in [6.45, 7) is 0. The fraction of sp³-hybridized carbons (Fsp3) is 0.143. The Hall–Kier alpha value is -3.23. The van der Waals surface area contributed by atoms with Gasteiger partial charge in [0.2, 0.25) is 12.0 Å². The smallest absolute Gasteiger partial charge is 0.340 e. The van der Waals surface area contributed by atoms with Crippen LogP contribution in [0.15, 0.2) is 34.0 Å². The third-order valence-corrected chi connectivity index (χ3v) is 3.35. The van der Waals surface area contributed by atoms with Gasteiger partial charge >= 0.3 is 17.6 Å². The van der Waals surface area contributed by atoms with Crippen LogP contribution in [-0.2, 0) is 9.47 Å². The second kappa shape index (κ2) is 5.20. The van der Waals surface area contributed by atoms with Crippen LogP contribution in [0.25, 0.3) is 0 Å². The summed E-state index contributed by atoms with van der Waals surface area (Å²) in [7, 11) is 1.19. The number of fused-ring (bicyclic) bond motifs is 1. The van der Waals surface area contributed by atoms with Gasteiger partial charge in [0.1, 0.15) is 0 Å². The molecule has 1 aliphatic rings. The van der Waals surface area contributed by atoms with Crippen molar-refractivity contribution in [3.8, 4) is 0 Å². The van der Waals surface area contributed by atoms with Crippen molar-refractivity contribution in [2.24, 2.45) is 0 Å². The Morgan fingerprint density at radius 1 is 1.35 bits per heavy atom. The Labute approximate surface area is 127 Å². The summed E-state index contributed by atoms with van der Waals surface area (Å²) in [4.78, 5) is 48.1. The van der Waals surface area contributed by atoms with E-state index in [0.717, 1.165) is 4.57 Å². The first kappa shape index (κ1) is 14.7. The molecule has 9 heteroatoms. The summed E-state index contributed by atoms with van der Waals surface area (Å²) < 4.78 is 23.8. The van der Waals surface area contributed by atoms with Crippen molar-refractivity contribution < 1.29 is 23.5 Å². The van der Waals surface area contributed by atoms with E-state index < -0.39 is 35.2 Å². The maximum atomic E-state index is 13.4. The van der Waals surface area contributed by atoms with Gasteiger partial charge in [0.25, 0.3) is 5.56 Å². The highest BCUT2D eigenvalue weighted by atomic mass is 19.1. The SMILES string of the molecule is COC(=O)c1ccc2c(c1)C(n1cc(F)c(=O)[nH]c1=O)OC2=O. The summed E-state index contributed by atoms with van der Waals surface area (Å²) in [5.74, 6) is -2.59. The van der Waals surface area contributed by atoms with Gasteiger partial charge in [0.15, 0.2) is 0 Å². The normalized spacial score (nSPS) is 15.9. The first-order chi connectivity index (χ1) is 10.9. The zero-order chi connectivity index (χ0) is 16.7. The van der Waals surface area contributed by atoms with Gasteiger partial charge in [-0.2, -0.15) is 4.39 Å². The standard InChI is InChI=1S/C14H9FN2O6/c1-22-12(19)6-2-3-7-8(4-6)11(23-13(7)20)17-5-9(15)10(18)16-14(17)21/h2-5,11H,1H3,(H,16,18,21). The van der Waals surface area contributed by atoms with Gasteiger partial charge in [-0.1, -0.05) is 0 Å². The van der Waals surface area contributed by atoms with Crippen LogP contribution in [0.5, 0.6) is 0 Å². The quantitative estimate of drug-likeness (QED) is 0.791. The number of carbonyl (C=O) groups excluding carboxylic acids is 2. The van der Waals surface area contributed by atoms with Crippen molar-refractivity contribution in [1.29, 1.82) is 0 Å². The molecule has 0 fully saturated rings. The van der Waals surface area contributed by atoms with Crippen molar-refractivity contribution in [3.05, 3.63) is 67.7 Å². The van der Waals surface area contributed by atoms with Gasteiger partial charge in [-0.3, -0.25) is 14.3 Å². The van der Waals surface area contributed by atoms with E-state index >= 15 is 0 Å². The Morgan fingerprint density at radius 3 is 2.78 bits per heavy atom. The lowest BCUT2D eigenvalue weighted by Gasteiger charge is -2.13. The van der Waals surface area contributed by atoms with Crippen LogP contribution in [0.2, 0.25) is 0 Å². The summed E-state index contributed by atoms with van der Waals surface area (Å²) in [6, 6.07) is 4.02. The maximum Gasteiger partial charge on any atom is 0.340 e. The van der Waals surface area contributed by atoms with E-state index in [4.69, 9.17) is 4.74 Å². The van der Waals surface area contributed by atoms with Gasteiger partial charge in [-0.05, 0) is 18.2 Å². The van der Waals surface area contributed by atoms with Crippen molar-refractivity contribution >= 4 is 11.9 Å². The molecule has 8 nitrogen and oxygen atoms in total. The monoisotopic (exact) mass is 320 g/mol. The molecule has 1 aromatic carbocycles. The van der Waals surface area contributed by atoms with Crippen LogP contribution in [0.4, 0.5) is 4.39 Å². The van der Waals surface area contributed by atoms with Gasteiger partial charge in [0.05, 0.1) is 24.4 Å². The van der Waals surface area contributed by atoms with Gasteiger partial charge < -0.3 is 9.47 Å². The van der Waals surface area contributed by atoms with E-state index in [0.29, 0.717) is 6.20 Å². The van der Waals surface area contributed by atoms with Gasteiger partial charge in [0, 0.05) is 5.56 Å². The number of benzene rings is 1. The predicted molar refractivity (Wildman–Crippen MR) is 72.6 cm³/mol. The van der Waals surface area contributed by atoms with Crippen molar-refractivity contribution in [2.75, 3.05) is 7.11 Å². The molecule has 1 unspecified atom stereocenters. The number of rotatable bonds is 2. The molecule has 3 rings (SSSR count). The highest BCUT2D eigenvalue weighted by molar-refractivity contribution is 5.97. The fourth-order valence-electron chi connectivity index (χ4n) is 2.27. The zero-order valence-corrected chi connectivity index (χ0v) is 11.7. The molecule has 118 valence electrons. The molecule has 0 spiro atoms. The average Bonchev–Trinajstić information content (AvgIpc) is 2.86. The van der Waals surface area contributed by atoms with Crippen molar-refractivity contribution in [1.82, 2.24) is 9.55 Å². The average molecular weight is 320 g/mol. The number of cyclic esters (lactones) is 1. The van der Waals surface area contributed by atoms with E-state index in [2.05, 4.69) is 4.74 Å². The molecular weight excluding hydrogens is 311 g/mol. The minimum absolute atomic E-state index is 0.126. The molecule has 0 amide bonds. The van der Waals surface area contributed by atoms with Crippen LogP contribution in [0.3, 0.4) is 0 Å². The molecule has 1 N–H and O–H groups in total. The zero-order valence-electron chi connectivity index (χ0n) is 11.7. The number of esters is 2. The number of halogens is 1. The summed E-state index contributed by atoms with van der Waals surface area (Å²) >= 11 is 0. The number of hydrogen-bond donors (Lipinski definition) is 1. The summed E-state index contributed by atoms with van der Waals surface area (Å²) in [6.07, 6.45) is -0.653. The van der Waals surface area contributed by atoms with Gasteiger partial charge in [-0.15, -0.1) is 0 Å². The van der Waals surface area contributed by atoms with E-state index in [1.54, 1.807) is 4.98 Å². The van der Waals surface area contributed by atoms with Crippen LogP contribution in [0.1, 0.15) is 32.5 Å². The molecule has 0 bridgehead atoms. The van der Waals surface area contributed by atoms with Crippen LogP contribution < -0.4 is 11.2 Å². The lowest BCUT2D eigenvalue weighted by atomic mass is 10.0. The number of aromatic nitrogens is 2. The second-order valence-corrected chi connectivity index (χ2v) is 4.69. The van der Waals surface area contributed by atoms with Crippen LogP contribution >= 0.6 is 0 Å². The van der Waals surface area contributed by atoms with E-state index in [1.165, 1.54) is 25.3 Å². The summed E-state index contributed by atoms with van der Waals surface area (Å²) in [5, 5.41) is 0. The van der Waals surface area contributed by atoms with E-state index in [-0.39, 0.29) is 16.7 Å². The lowest BCUT2D eigenvalue weighted by molar-refractivity contribution is 0.0307. The number of nitrogens with one attached hydrogen (secondary N) is 1. The highest BCUT2D eigenvalue weighted by Crippen LogP contribution is 2.31. The van der Waals surface area contributed by atoms with E-state index in [9.17, 15) is 23.6 Å². The molecule has 0 aliphatic carbocycles. The molecule has 0 radical (unpaired) electrons. The third-order valence-electron chi connectivity index (χ3n) is 3.35. The van der Waals surface area contributed by atoms with Crippen LogP contribution in [0, 0.1) is 5.82 Å². The highest BCUT2D eigenvalue weighted by Gasteiger charge is 2.34. The lowest BCUT2D eigenvalue weighted by Crippen LogP contribution is -2.34. The van der Waals surface area contributed by atoms with Gasteiger partial charge in [-0.25, -0.2) is 14.4 Å².